The van der Waals surface area contributed by atoms with Crippen LogP contribution in [0.4, 0.5) is 5.69 Å². The first kappa shape index (κ1) is 10.4. The second kappa shape index (κ2) is 4.50. The highest BCUT2D eigenvalue weighted by molar-refractivity contribution is 5.53. The quantitative estimate of drug-likeness (QED) is 0.417. The molecule has 74 valence electrons. The zero-order valence-electron chi connectivity index (χ0n) is 7.90. The second-order valence-electron chi connectivity index (χ2n) is 3.05. The normalized spacial score (nSPS) is 9.79. The number of rotatable bonds is 4. The topological polar surface area (TPSA) is 60.2 Å². The van der Waals surface area contributed by atoms with Crippen LogP contribution in [-0.2, 0) is 11.2 Å². The maximum Gasteiger partial charge on any atom is 0.275 e. The molecule has 14 heavy (non-hydrogen) atoms. The molecule has 0 aliphatic carbocycles. The molecule has 0 aromatic heterocycles. The number of nitro benzene ring substituents is 1. The van der Waals surface area contributed by atoms with Crippen molar-refractivity contribution in [1.29, 1.82) is 0 Å². The van der Waals surface area contributed by atoms with Gasteiger partial charge < -0.3 is 4.79 Å². The Labute approximate surface area is 81.7 Å². The van der Waals surface area contributed by atoms with Gasteiger partial charge in [-0.1, -0.05) is 18.2 Å². The maximum atomic E-state index is 10.7. The zero-order valence-corrected chi connectivity index (χ0v) is 7.90. The van der Waals surface area contributed by atoms with Gasteiger partial charge in [-0.15, -0.1) is 0 Å². The van der Waals surface area contributed by atoms with Crippen molar-refractivity contribution < 1.29 is 9.72 Å². The fourth-order valence-electron chi connectivity index (χ4n) is 1.40. The molecule has 0 unspecified atom stereocenters. The van der Waals surface area contributed by atoms with Gasteiger partial charge in [0.1, 0.15) is 6.29 Å². The fourth-order valence-corrected chi connectivity index (χ4v) is 1.40. The van der Waals surface area contributed by atoms with E-state index >= 15 is 0 Å². The number of carbonyl (C=O) groups is 1. The lowest BCUT2D eigenvalue weighted by atomic mass is 10.0. The van der Waals surface area contributed by atoms with Crippen LogP contribution in [-0.4, -0.2) is 11.2 Å². The lowest BCUT2D eigenvalue weighted by molar-refractivity contribution is -0.386. The first-order valence-electron chi connectivity index (χ1n) is 4.33. The van der Waals surface area contributed by atoms with E-state index in [0.29, 0.717) is 24.0 Å². The van der Waals surface area contributed by atoms with E-state index in [0.717, 1.165) is 6.29 Å². The molecule has 4 nitrogen and oxygen atoms in total. The zero-order chi connectivity index (χ0) is 10.6. The molecular formula is C10H11NO3. The molecule has 4 heteroatoms. The number of benzene rings is 1. The molecular weight excluding hydrogens is 182 g/mol. The van der Waals surface area contributed by atoms with Crippen LogP contribution < -0.4 is 0 Å². The molecule has 0 aliphatic heterocycles. The highest BCUT2D eigenvalue weighted by atomic mass is 16.6. The number of carbonyl (C=O) groups excluding carboxylic acids is 1. The second-order valence-corrected chi connectivity index (χ2v) is 3.05. The van der Waals surface area contributed by atoms with E-state index in [9.17, 15) is 14.9 Å². The average Bonchev–Trinajstić information content (AvgIpc) is 2.14. The molecule has 0 fully saturated rings. The van der Waals surface area contributed by atoms with Crippen molar-refractivity contribution in [3.63, 3.8) is 0 Å². The molecule has 0 aliphatic rings. The van der Waals surface area contributed by atoms with E-state index in [1.54, 1.807) is 25.1 Å². The number of hydrogen-bond acceptors (Lipinski definition) is 3. The van der Waals surface area contributed by atoms with Crippen molar-refractivity contribution in [2.75, 3.05) is 0 Å². The molecule has 1 aromatic carbocycles. The van der Waals surface area contributed by atoms with Crippen LogP contribution in [0.15, 0.2) is 18.2 Å². The summed E-state index contributed by atoms with van der Waals surface area (Å²) in [4.78, 5) is 20.5. The molecule has 0 spiro atoms. The van der Waals surface area contributed by atoms with Crippen molar-refractivity contribution in [2.24, 2.45) is 0 Å². The van der Waals surface area contributed by atoms with E-state index in [2.05, 4.69) is 0 Å². The third-order valence-corrected chi connectivity index (χ3v) is 2.04. The molecule has 1 aromatic rings. The molecule has 0 N–H and O–H groups in total. The van der Waals surface area contributed by atoms with Crippen LogP contribution in [0.2, 0.25) is 0 Å². The van der Waals surface area contributed by atoms with Gasteiger partial charge in [-0.3, -0.25) is 10.1 Å². The molecule has 0 bridgehead atoms. The summed E-state index contributed by atoms with van der Waals surface area (Å²) in [5.41, 5.74) is 1.40. The van der Waals surface area contributed by atoms with E-state index in [1.165, 1.54) is 0 Å². The summed E-state index contributed by atoms with van der Waals surface area (Å²) in [7, 11) is 0. The summed E-state index contributed by atoms with van der Waals surface area (Å²) in [6.45, 7) is 1.70. The highest BCUT2D eigenvalue weighted by Gasteiger charge is 2.15. The minimum absolute atomic E-state index is 0.134. The first-order chi connectivity index (χ1) is 6.66. The Hall–Kier alpha value is -1.71. The smallest absolute Gasteiger partial charge is 0.275 e. The number of nitrogens with zero attached hydrogens (tertiary/aromatic N) is 1. The van der Waals surface area contributed by atoms with E-state index in [-0.39, 0.29) is 5.69 Å². The number of aryl methyl sites for hydroxylation is 2. The lowest BCUT2D eigenvalue weighted by Crippen LogP contribution is -1.98. The minimum atomic E-state index is -0.393. The molecule has 0 saturated heterocycles. The summed E-state index contributed by atoms with van der Waals surface area (Å²) >= 11 is 0. The van der Waals surface area contributed by atoms with Crippen LogP contribution >= 0.6 is 0 Å². The first-order valence-corrected chi connectivity index (χ1v) is 4.33. The Morgan fingerprint density at radius 2 is 2.21 bits per heavy atom. The van der Waals surface area contributed by atoms with Crippen molar-refractivity contribution in [3.8, 4) is 0 Å². The number of aldehydes is 1. The van der Waals surface area contributed by atoms with Crippen LogP contribution in [0.3, 0.4) is 0 Å². The number of hydrogen-bond donors (Lipinski definition) is 0. The minimum Gasteiger partial charge on any atom is -0.303 e. The summed E-state index contributed by atoms with van der Waals surface area (Å²) in [5, 5.41) is 10.7. The third kappa shape index (κ3) is 2.16. The van der Waals surface area contributed by atoms with Gasteiger partial charge in [0.25, 0.3) is 5.69 Å². The van der Waals surface area contributed by atoms with E-state index in [1.807, 2.05) is 0 Å². The van der Waals surface area contributed by atoms with Gasteiger partial charge in [0.05, 0.1) is 4.92 Å². The van der Waals surface area contributed by atoms with Gasteiger partial charge in [0.15, 0.2) is 0 Å². The third-order valence-electron chi connectivity index (χ3n) is 2.04. The Morgan fingerprint density at radius 3 is 2.79 bits per heavy atom. The van der Waals surface area contributed by atoms with E-state index < -0.39 is 4.92 Å². The summed E-state index contributed by atoms with van der Waals surface area (Å²) in [5.74, 6) is 0. The average molecular weight is 193 g/mol. The maximum absolute atomic E-state index is 10.7. The van der Waals surface area contributed by atoms with E-state index in [4.69, 9.17) is 0 Å². The van der Waals surface area contributed by atoms with Gasteiger partial charge in [-0.05, 0) is 13.3 Å². The molecule has 0 radical (unpaired) electrons. The van der Waals surface area contributed by atoms with Crippen molar-refractivity contribution >= 4 is 12.0 Å². The number of para-hydroxylation sites is 1. The van der Waals surface area contributed by atoms with Gasteiger partial charge in [0, 0.05) is 17.5 Å². The van der Waals surface area contributed by atoms with Crippen molar-refractivity contribution in [1.82, 2.24) is 0 Å². The number of nitro groups is 1. The van der Waals surface area contributed by atoms with Crippen molar-refractivity contribution in [3.05, 3.63) is 39.4 Å². The molecule has 0 amide bonds. The van der Waals surface area contributed by atoms with Crippen LogP contribution in [0.25, 0.3) is 0 Å². The van der Waals surface area contributed by atoms with Crippen LogP contribution in [0.1, 0.15) is 17.5 Å². The van der Waals surface area contributed by atoms with Crippen LogP contribution in [0, 0.1) is 17.0 Å². The Kier molecular flexibility index (Phi) is 3.34. The summed E-state index contributed by atoms with van der Waals surface area (Å²) < 4.78 is 0. The van der Waals surface area contributed by atoms with Crippen molar-refractivity contribution in [2.45, 2.75) is 19.8 Å². The summed E-state index contributed by atoms with van der Waals surface area (Å²) in [6, 6.07) is 5.15. The SMILES string of the molecule is Cc1cccc(CCC=O)c1[N+](=O)[O-]. The van der Waals surface area contributed by atoms with Gasteiger partial charge in [0.2, 0.25) is 0 Å². The largest absolute Gasteiger partial charge is 0.303 e. The molecule has 1 rings (SSSR count). The van der Waals surface area contributed by atoms with Crippen LogP contribution in [0.5, 0.6) is 0 Å². The lowest BCUT2D eigenvalue weighted by Gasteiger charge is -2.02. The molecule has 0 atom stereocenters. The predicted octanol–water partition coefficient (Wildman–Crippen LogP) is 2.03. The van der Waals surface area contributed by atoms with Gasteiger partial charge in [-0.2, -0.15) is 0 Å². The fraction of sp³-hybridized carbons (Fsp3) is 0.300. The van der Waals surface area contributed by atoms with Gasteiger partial charge >= 0.3 is 0 Å². The Morgan fingerprint density at radius 1 is 1.50 bits per heavy atom. The monoisotopic (exact) mass is 193 g/mol. The standard InChI is InChI=1S/C10H11NO3/c1-8-4-2-5-9(6-3-7-12)10(8)11(13)14/h2,4-5,7H,3,6H2,1H3. The summed E-state index contributed by atoms with van der Waals surface area (Å²) in [6.07, 6.45) is 1.53. The predicted molar refractivity (Wildman–Crippen MR) is 52.2 cm³/mol. The van der Waals surface area contributed by atoms with Gasteiger partial charge in [-0.25, -0.2) is 0 Å². The molecule has 0 heterocycles. The highest BCUT2D eigenvalue weighted by Crippen LogP contribution is 2.23. The molecule has 0 saturated carbocycles. The Balaban J connectivity index is 3.07. The Bertz CT molecular complexity index is 360.